The molecule has 5 aromatic rings. The number of carbonyl (C=O) groups excluding carboxylic acids is 1. The quantitative estimate of drug-likeness (QED) is 0.201. The first-order valence-corrected chi connectivity index (χ1v) is 13.3. The van der Waals surface area contributed by atoms with Gasteiger partial charge in [0.15, 0.2) is 10.9 Å². The van der Waals surface area contributed by atoms with Crippen molar-refractivity contribution in [3.8, 4) is 11.1 Å². The molecule has 0 saturated carbocycles. The van der Waals surface area contributed by atoms with E-state index in [1.54, 1.807) is 30.1 Å². The number of halogens is 1. The summed E-state index contributed by atoms with van der Waals surface area (Å²) in [6, 6.07) is 18.2. The van der Waals surface area contributed by atoms with Crippen molar-refractivity contribution in [2.75, 3.05) is 14.1 Å². The smallest absolute Gasteiger partial charge is 0.197 e. The van der Waals surface area contributed by atoms with Crippen LogP contribution in [0.15, 0.2) is 85.5 Å². The van der Waals surface area contributed by atoms with Gasteiger partial charge < -0.3 is 9.47 Å². The molecular formula is C29H23FN4OS2. The number of benzene rings is 2. The van der Waals surface area contributed by atoms with Gasteiger partial charge in [-0.2, -0.15) is 0 Å². The third-order valence-corrected chi connectivity index (χ3v) is 8.50. The number of thioether (sulfide) groups is 1. The number of carbonyl (C=O) groups is 1. The second kappa shape index (κ2) is 9.28. The van der Waals surface area contributed by atoms with Crippen molar-refractivity contribution >= 4 is 45.8 Å². The van der Waals surface area contributed by atoms with Crippen molar-refractivity contribution < 1.29 is 9.18 Å². The van der Waals surface area contributed by atoms with E-state index in [2.05, 4.69) is 15.6 Å². The van der Waals surface area contributed by atoms with Crippen LogP contribution in [0.1, 0.15) is 32.6 Å². The molecule has 0 aliphatic carbocycles. The first-order valence-electron chi connectivity index (χ1n) is 11.8. The van der Waals surface area contributed by atoms with Gasteiger partial charge in [0.1, 0.15) is 11.2 Å². The average Bonchev–Trinajstić information content (AvgIpc) is 3.62. The molecule has 4 heterocycles. The molecule has 0 bridgehead atoms. The van der Waals surface area contributed by atoms with Gasteiger partial charge in [-0.1, -0.05) is 30.3 Å². The summed E-state index contributed by atoms with van der Waals surface area (Å²) < 4.78 is 17.5. The maximum atomic E-state index is 14.0. The van der Waals surface area contributed by atoms with Crippen molar-refractivity contribution in [2.45, 2.75) is 11.1 Å². The first kappa shape index (κ1) is 23.6. The van der Waals surface area contributed by atoms with Crippen LogP contribution >= 0.6 is 24.0 Å². The Morgan fingerprint density at radius 3 is 2.59 bits per heavy atom. The third-order valence-electron chi connectivity index (χ3n) is 6.69. The predicted octanol–water partition coefficient (Wildman–Crippen LogP) is 6.36. The molecule has 1 atom stereocenters. The molecular weight excluding hydrogens is 503 g/mol. The Labute approximate surface area is 223 Å². The molecule has 0 fully saturated rings. The fourth-order valence-electron chi connectivity index (χ4n) is 4.82. The van der Waals surface area contributed by atoms with Crippen molar-refractivity contribution in [1.29, 1.82) is 0 Å². The summed E-state index contributed by atoms with van der Waals surface area (Å²) in [4.78, 5) is 20.1. The topological polar surface area (TPSA) is 43.1 Å². The maximum Gasteiger partial charge on any atom is 0.197 e. The van der Waals surface area contributed by atoms with Crippen LogP contribution in [0, 0.1) is 5.82 Å². The van der Waals surface area contributed by atoms with Gasteiger partial charge in [-0.25, -0.2) is 4.39 Å². The highest BCUT2D eigenvalue weighted by Crippen LogP contribution is 2.42. The number of thiocarbonyl (C=S) groups is 1. The van der Waals surface area contributed by atoms with Crippen LogP contribution in [-0.2, 0) is 5.75 Å². The Kier molecular flexibility index (Phi) is 5.93. The lowest BCUT2D eigenvalue weighted by Gasteiger charge is -2.15. The van der Waals surface area contributed by atoms with Gasteiger partial charge in [0.05, 0.1) is 5.52 Å². The number of aromatic nitrogens is 3. The summed E-state index contributed by atoms with van der Waals surface area (Å²) in [6.07, 6.45) is 7.48. The lowest BCUT2D eigenvalue weighted by Crippen LogP contribution is -2.26. The summed E-state index contributed by atoms with van der Waals surface area (Å²) in [7, 11) is 3.77. The van der Waals surface area contributed by atoms with Crippen LogP contribution in [0.2, 0.25) is 0 Å². The van der Waals surface area contributed by atoms with Gasteiger partial charge in [-0.15, -0.1) is 11.8 Å². The van der Waals surface area contributed by atoms with Crippen LogP contribution in [0.25, 0.3) is 22.0 Å². The van der Waals surface area contributed by atoms with Crippen molar-refractivity contribution in [3.05, 3.63) is 114 Å². The largest absolute Gasteiger partial charge is 0.355 e. The summed E-state index contributed by atoms with van der Waals surface area (Å²) in [5, 5.41) is 1.51. The third kappa shape index (κ3) is 4.06. The first-order chi connectivity index (χ1) is 17.9. The number of pyridine rings is 1. The van der Waals surface area contributed by atoms with Gasteiger partial charge in [0, 0.05) is 72.4 Å². The number of ketones is 1. The number of hydrogen-bond acceptors (Lipinski definition) is 4. The molecule has 0 amide bonds. The molecule has 6 rings (SSSR count). The zero-order valence-electron chi connectivity index (χ0n) is 20.3. The zero-order chi connectivity index (χ0) is 25.7. The van der Waals surface area contributed by atoms with Crippen molar-refractivity contribution in [1.82, 2.24) is 19.0 Å². The SMILES string of the molecule is CN(C)C(=S)n1cc(C(=O)c2ccn3c2CSC3c2cccnc2)c2ccc(-c3ccc(F)cc3)cc21. The van der Waals surface area contributed by atoms with E-state index >= 15 is 0 Å². The van der Waals surface area contributed by atoms with E-state index in [0.717, 1.165) is 39.0 Å². The standard InChI is InChI=1S/C29H23FN4OS2/c1-32(2)29(36)34-16-24(22-10-7-19(14-25(22)34)18-5-8-21(30)9-6-18)27(35)23-11-13-33-26(23)17-37-28(33)20-4-3-12-31-15-20/h3-16,28H,17H2,1-2H3. The summed E-state index contributed by atoms with van der Waals surface area (Å²) in [5.41, 5.74) is 6.09. The minimum Gasteiger partial charge on any atom is -0.355 e. The van der Waals surface area contributed by atoms with Crippen LogP contribution in [-0.4, -0.2) is 44.0 Å². The Balaban J connectivity index is 1.44. The summed E-state index contributed by atoms with van der Waals surface area (Å²) in [5.74, 6) is 0.441. The van der Waals surface area contributed by atoms with E-state index in [1.165, 1.54) is 12.1 Å². The van der Waals surface area contributed by atoms with E-state index < -0.39 is 0 Å². The van der Waals surface area contributed by atoms with Crippen LogP contribution < -0.4 is 0 Å². The van der Waals surface area contributed by atoms with E-state index in [4.69, 9.17) is 12.2 Å². The Morgan fingerprint density at radius 2 is 1.86 bits per heavy atom. The van der Waals surface area contributed by atoms with Gasteiger partial charge in [-0.3, -0.25) is 14.3 Å². The van der Waals surface area contributed by atoms with Gasteiger partial charge in [0.25, 0.3) is 0 Å². The molecule has 37 heavy (non-hydrogen) atoms. The van der Waals surface area contributed by atoms with Crippen LogP contribution in [0.4, 0.5) is 4.39 Å². The number of hydrogen-bond donors (Lipinski definition) is 0. The van der Waals surface area contributed by atoms with Crippen molar-refractivity contribution in [3.63, 3.8) is 0 Å². The lowest BCUT2D eigenvalue weighted by molar-refractivity contribution is 0.103. The molecule has 1 unspecified atom stereocenters. The van der Waals surface area contributed by atoms with E-state index in [-0.39, 0.29) is 17.0 Å². The molecule has 3 aromatic heterocycles. The lowest BCUT2D eigenvalue weighted by atomic mass is 10.00. The van der Waals surface area contributed by atoms with Crippen LogP contribution in [0.5, 0.6) is 0 Å². The maximum absolute atomic E-state index is 14.0. The molecule has 0 radical (unpaired) electrons. The molecule has 1 aliphatic heterocycles. The fraction of sp³-hybridized carbons (Fsp3) is 0.138. The van der Waals surface area contributed by atoms with E-state index in [0.29, 0.717) is 16.2 Å². The second-order valence-electron chi connectivity index (χ2n) is 9.19. The summed E-state index contributed by atoms with van der Waals surface area (Å²) in [6.45, 7) is 0. The highest BCUT2D eigenvalue weighted by atomic mass is 32.2. The Hall–Kier alpha value is -3.75. The molecule has 0 N–H and O–H groups in total. The molecule has 0 saturated heterocycles. The molecule has 5 nitrogen and oxygen atoms in total. The average molecular weight is 527 g/mol. The van der Waals surface area contributed by atoms with Gasteiger partial charge in [0.2, 0.25) is 0 Å². The molecule has 2 aromatic carbocycles. The number of fused-ring (bicyclic) bond motifs is 2. The monoisotopic (exact) mass is 526 g/mol. The molecule has 8 heteroatoms. The number of rotatable bonds is 4. The van der Waals surface area contributed by atoms with E-state index in [9.17, 15) is 9.18 Å². The van der Waals surface area contributed by atoms with Crippen LogP contribution in [0.3, 0.4) is 0 Å². The highest BCUT2D eigenvalue weighted by Gasteiger charge is 2.30. The van der Waals surface area contributed by atoms with Gasteiger partial charge >= 0.3 is 0 Å². The summed E-state index contributed by atoms with van der Waals surface area (Å²) >= 11 is 7.50. The predicted molar refractivity (Wildman–Crippen MR) is 151 cm³/mol. The Morgan fingerprint density at radius 1 is 1.08 bits per heavy atom. The Bertz CT molecular complexity index is 1660. The van der Waals surface area contributed by atoms with Crippen molar-refractivity contribution in [2.24, 2.45) is 0 Å². The minimum absolute atomic E-state index is 0.0268. The number of nitrogens with zero attached hydrogens (tertiary/aromatic N) is 4. The normalized spacial score (nSPS) is 14.6. The highest BCUT2D eigenvalue weighted by molar-refractivity contribution is 7.99. The zero-order valence-corrected chi connectivity index (χ0v) is 21.9. The molecule has 1 aliphatic rings. The molecule has 0 spiro atoms. The fourth-order valence-corrected chi connectivity index (χ4v) is 6.29. The van der Waals surface area contributed by atoms with E-state index in [1.807, 2.05) is 72.5 Å². The molecule has 184 valence electrons. The second-order valence-corrected chi connectivity index (χ2v) is 10.6. The van der Waals surface area contributed by atoms with Gasteiger partial charge in [-0.05, 0) is 53.7 Å². The minimum atomic E-state index is -0.279.